The molecule has 2 rings (SSSR count). The Morgan fingerprint density at radius 3 is 2.62 bits per heavy atom. The number of hydrogen-bond donors (Lipinski definition) is 1. The van der Waals surface area contributed by atoms with Gasteiger partial charge < -0.3 is 5.32 Å². The molecule has 0 bridgehead atoms. The third-order valence-corrected chi connectivity index (χ3v) is 3.28. The Balaban J connectivity index is 2.21. The van der Waals surface area contributed by atoms with Crippen LogP contribution in [0.5, 0.6) is 0 Å². The topological polar surface area (TPSA) is 15.3 Å². The number of nitrogens with one attached hydrogen (secondary N) is 1. The van der Waals surface area contributed by atoms with Crippen LogP contribution in [0.1, 0.15) is 17.2 Å². The van der Waals surface area contributed by atoms with Crippen LogP contribution in [0.15, 0.2) is 36.9 Å². The molecule has 1 aliphatic rings. The Morgan fingerprint density at radius 2 is 2.00 bits per heavy atom. The van der Waals surface area contributed by atoms with E-state index in [9.17, 15) is 0 Å². The first-order chi connectivity index (χ1) is 7.83. The van der Waals surface area contributed by atoms with Gasteiger partial charge >= 0.3 is 0 Å². The van der Waals surface area contributed by atoms with Gasteiger partial charge in [-0.25, -0.2) is 0 Å². The molecule has 0 saturated carbocycles. The smallest absolute Gasteiger partial charge is 0.0532 e. The van der Waals surface area contributed by atoms with Crippen LogP contribution in [0, 0.1) is 6.92 Å². The molecule has 0 amide bonds. The fraction of sp³-hybridized carbons (Fsp3) is 0.429. The molecule has 1 aliphatic heterocycles. The van der Waals surface area contributed by atoms with E-state index in [1.54, 1.807) is 0 Å². The molecule has 16 heavy (non-hydrogen) atoms. The summed E-state index contributed by atoms with van der Waals surface area (Å²) in [7, 11) is 0. The minimum absolute atomic E-state index is 0.364. The first-order valence-electron chi connectivity index (χ1n) is 5.96. The zero-order valence-electron chi connectivity index (χ0n) is 9.95. The Bertz CT molecular complexity index is 354. The molecule has 0 unspecified atom stereocenters. The van der Waals surface area contributed by atoms with Crippen LogP contribution >= 0.6 is 0 Å². The SMILES string of the molecule is C=C[C@H](c1ccccc1C)N1CCNCC1. The minimum atomic E-state index is 0.364. The molecule has 1 aromatic carbocycles. The average Bonchev–Trinajstić information content (AvgIpc) is 2.34. The molecule has 1 aromatic rings. The lowest BCUT2D eigenvalue weighted by atomic mass is 9.99. The molecule has 1 heterocycles. The van der Waals surface area contributed by atoms with E-state index in [1.807, 2.05) is 0 Å². The van der Waals surface area contributed by atoms with Crippen LogP contribution in [0.3, 0.4) is 0 Å². The molecule has 0 aliphatic carbocycles. The van der Waals surface area contributed by atoms with E-state index in [2.05, 4.69) is 54.1 Å². The maximum atomic E-state index is 3.99. The first-order valence-corrected chi connectivity index (χ1v) is 5.96. The summed E-state index contributed by atoms with van der Waals surface area (Å²) in [6.45, 7) is 10.5. The fourth-order valence-corrected chi connectivity index (χ4v) is 2.35. The molecule has 2 heteroatoms. The number of aryl methyl sites for hydroxylation is 1. The van der Waals surface area contributed by atoms with Gasteiger partial charge in [0.25, 0.3) is 0 Å². The van der Waals surface area contributed by atoms with Crippen molar-refractivity contribution in [3.8, 4) is 0 Å². The van der Waals surface area contributed by atoms with Crippen LogP contribution in [-0.2, 0) is 0 Å². The monoisotopic (exact) mass is 216 g/mol. The maximum Gasteiger partial charge on any atom is 0.0532 e. The van der Waals surface area contributed by atoms with Crippen molar-refractivity contribution < 1.29 is 0 Å². The van der Waals surface area contributed by atoms with E-state index in [4.69, 9.17) is 0 Å². The lowest BCUT2D eigenvalue weighted by molar-refractivity contribution is 0.203. The van der Waals surface area contributed by atoms with E-state index in [0.29, 0.717) is 6.04 Å². The van der Waals surface area contributed by atoms with Gasteiger partial charge in [-0.1, -0.05) is 30.3 Å². The fourth-order valence-electron chi connectivity index (χ4n) is 2.35. The van der Waals surface area contributed by atoms with Crippen molar-refractivity contribution in [3.05, 3.63) is 48.0 Å². The van der Waals surface area contributed by atoms with Crippen LogP contribution in [-0.4, -0.2) is 31.1 Å². The van der Waals surface area contributed by atoms with Crippen molar-refractivity contribution in [2.75, 3.05) is 26.2 Å². The highest BCUT2D eigenvalue weighted by atomic mass is 15.2. The van der Waals surface area contributed by atoms with Crippen molar-refractivity contribution in [3.63, 3.8) is 0 Å². The Kier molecular flexibility index (Phi) is 3.75. The van der Waals surface area contributed by atoms with Gasteiger partial charge in [-0.2, -0.15) is 0 Å². The standard InChI is InChI=1S/C14H20N2/c1-3-14(16-10-8-15-9-11-16)13-7-5-4-6-12(13)2/h3-7,14-15H,1,8-11H2,2H3/t14-/m1/s1. The highest BCUT2D eigenvalue weighted by molar-refractivity contribution is 5.31. The summed E-state index contributed by atoms with van der Waals surface area (Å²) in [5.41, 5.74) is 2.74. The largest absolute Gasteiger partial charge is 0.314 e. The number of rotatable bonds is 3. The van der Waals surface area contributed by atoms with Crippen molar-refractivity contribution in [2.24, 2.45) is 0 Å². The Hall–Kier alpha value is -1.12. The normalized spacial score (nSPS) is 19.3. The molecule has 1 saturated heterocycles. The number of piperazine rings is 1. The third kappa shape index (κ3) is 2.34. The Morgan fingerprint density at radius 1 is 1.31 bits per heavy atom. The maximum absolute atomic E-state index is 3.99. The molecule has 2 nitrogen and oxygen atoms in total. The van der Waals surface area contributed by atoms with Crippen LogP contribution in [0.2, 0.25) is 0 Å². The van der Waals surface area contributed by atoms with Crippen molar-refractivity contribution >= 4 is 0 Å². The number of nitrogens with zero attached hydrogens (tertiary/aromatic N) is 1. The highest BCUT2D eigenvalue weighted by Gasteiger charge is 2.20. The molecule has 1 N–H and O–H groups in total. The van der Waals surface area contributed by atoms with Gasteiger partial charge in [0.1, 0.15) is 0 Å². The van der Waals surface area contributed by atoms with E-state index >= 15 is 0 Å². The van der Waals surface area contributed by atoms with Crippen LogP contribution in [0.25, 0.3) is 0 Å². The van der Waals surface area contributed by atoms with Crippen molar-refractivity contribution in [1.82, 2.24) is 10.2 Å². The summed E-state index contributed by atoms with van der Waals surface area (Å²) < 4.78 is 0. The number of hydrogen-bond acceptors (Lipinski definition) is 2. The molecule has 1 fully saturated rings. The molecule has 86 valence electrons. The van der Waals surface area contributed by atoms with E-state index in [0.717, 1.165) is 26.2 Å². The van der Waals surface area contributed by atoms with Gasteiger partial charge in [0.15, 0.2) is 0 Å². The van der Waals surface area contributed by atoms with Gasteiger partial charge in [-0.3, -0.25) is 4.90 Å². The third-order valence-electron chi connectivity index (χ3n) is 3.28. The molecular formula is C14H20N2. The molecule has 1 atom stereocenters. The van der Waals surface area contributed by atoms with E-state index in [1.165, 1.54) is 11.1 Å². The highest BCUT2D eigenvalue weighted by Crippen LogP contribution is 2.24. The second-order valence-electron chi connectivity index (χ2n) is 4.32. The zero-order chi connectivity index (χ0) is 11.4. The van der Waals surface area contributed by atoms with Crippen molar-refractivity contribution in [2.45, 2.75) is 13.0 Å². The second kappa shape index (κ2) is 5.28. The van der Waals surface area contributed by atoms with Gasteiger partial charge in [0.2, 0.25) is 0 Å². The predicted molar refractivity (Wildman–Crippen MR) is 68.6 cm³/mol. The van der Waals surface area contributed by atoms with Crippen molar-refractivity contribution in [1.29, 1.82) is 0 Å². The summed E-state index contributed by atoms with van der Waals surface area (Å²) in [6, 6.07) is 8.96. The van der Waals surface area contributed by atoms with Gasteiger partial charge in [-0.05, 0) is 18.1 Å². The first kappa shape index (κ1) is 11.4. The molecule has 0 aromatic heterocycles. The quantitative estimate of drug-likeness (QED) is 0.779. The predicted octanol–water partition coefficient (Wildman–Crippen LogP) is 2.13. The molecule has 0 radical (unpaired) electrons. The van der Waals surface area contributed by atoms with Gasteiger partial charge in [-0.15, -0.1) is 6.58 Å². The van der Waals surface area contributed by atoms with Gasteiger partial charge in [0, 0.05) is 26.2 Å². The summed E-state index contributed by atoms with van der Waals surface area (Å²) in [6.07, 6.45) is 2.06. The second-order valence-corrected chi connectivity index (χ2v) is 4.32. The van der Waals surface area contributed by atoms with Gasteiger partial charge in [0.05, 0.1) is 6.04 Å². The molecule has 0 spiro atoms. The van der Waals surface area contributed by atoms with E-state index in [-0.39, 0.29) is 0 Å². The van der Waals surface area contributed by atoms with Crippen LogP contribution < -0.4 is 5.32 Å². The van der Waals surface area contributed by atoms with E-state index < -0.39 is 0 Å². The lowest BCUT2D eigenvalue weighted by Crippen LogP contribution is -2.44. The average molecular weight is 216 g/mol. The summed E-state index contributed by atoms with van der Waals surface area (Å²) in [4.78, 5) is 2.49. The lowest BCUT2D eigenvalue weighted by Gasteiger charge is -2.34. The Labute approximate surface area is 98.0 Å². The zero-order valence-corrected chi connectivity index (χ0v) is 9.95. The van der Waals surface area contributed by atoms with Crippen LogP contribution in [0.4, 0.5) is 0 Å². The minimum Gasteiger partial charge on any atom is -0.314 e. The summed E-state index contributed by atoms with van der Waals surface area (Å²) in [5, 5.41) is 3.38. The number of benzene rings is 1. The summed E-state index contributed by atoms with van der Waals surface area (Å²) in [5.74, 6) is 0. The summed E-state index contributed by atoms with van der Waals surface area (Å²) >= 11 is 0. The molecular weight excluding hydrogens is 196 g/mol.